The maximum Gasteiger partial charge on any atom is 0.191 e. The molecule has 0 amide bonds. The maximum atomic E-state index is 5.63. The van der Waals surface area contributed by atoms with E-state index in [0.29, 0.717) is 18.8 Å². The first-order valence-electron chi connectivity index (χ1n) is 6.04. The summed E-state index contributed by atoms with van der Waals surface area (Å²) in [6.45, 7) is 6.77. The normalized spacial score (nSPS) is 10.3. The van der Waals surface area contributed by atoms with Crippen LogP contribution in [0.25, 0.3) is 0 Å². The van der Waals surface area contributed by atoms with Gasteiger partial charge in [0.05, 0.1) is 12.3 Å². The number of halogens is 1. The molecule has 0 aliphatic rings. The lowest BCUT2D eigenvalue weighted by Gasteiger charge is -2.05. The van der Waals surface area contributed by atoms with Gasteiger partial charge in [-0.1, -0.05) is 24.8 Å². The third-order valence-electron chi connectivity index (χ3n) is 2.52. The van der Waals surface area contributed by atoms with Crippen LogP contribution in [-0.4, -0.2) is 29.9 Å². The molecule has 0 spiro atoms. The van der Waals surface area contributed by atoms with E-state index in [1.807, 2.05) is 11.5 Å². The molecule has 0 aromatic carbocycles. The Bertz CT molecular complexity index is 551. The van der Waals surface area contributed by atoms with Crippen molar-refractivity contribution < 1.29 is 0 Å². The topological polar surface area (TPSA) is 98.3 Å². The zero-order valence-electron chi connectivity index (χ0n) is 11.2. The Kier molecular flexibility index (Phi) is 6.69. The van der Waals surface area contributed by atoms with E-state index in [9.17, 15) is 0 Å². The van der Waals surface area contributed by atoms with Crippen molar-refractivity contribution >= 4 is 24.2 Å². The first kappa shape index (κ1) is 16.7. The molecule has 0 atom stereocenters. The summed E-state index contributed by atoms with van der Waals surface area (Å²) in [7, 11) is 0. The van der Waals surface area contributed by atoms with E-state index < -0.39 is 0 Å². The molecule has 0 fully saturated rings. The van der Waals surface area contributed by atoms with Crippen molar-refractivity contribution in [2.45, 2.75) is 37.3 Å². The van der Waals surface area contributed by atoms with Gasteiger partial charge in [0, 0.05) is 13.0 Å². The molecule has 2 aromatic heterocycles. The summed E-state index contributed by atoms with van der Waals surface area (Å²) in [6, 6.07) is 0. The molecule has 2 rings (SSSR count). The van der Waals surface area contributed by atoms with Gasteiger partial charge in [0.25, 0.3) is 0 Å². The van der Waals surface area contributed by atoms with Gasteiger partial charge in [-0.2, -0.15) is 5.10 Å². The first-order chi connectivity index (χ1) is 9.28. The molecule has 110 valence electrons. The number of H-pyrrole nitrogens is 1. The first-order valence-corrected chi connectivity index (χ1v) is 7.03. The highest BCUT2D eigenvalue weighted by Crippen LogP contribution is 2.20. The largest absolute Gasteiger partial charge is 0.324 e. The average molecular weight is 316 g/mol. The number of aromatic amines is 1. The van der Waals surface area contributed by atoms with Crippen molar-refractivity contribution in [2.75, 3.05) is 0 Å². The third kappa shape index (κ3) is 3.81. The second kappa shape index (κ2) is 8.03. The Balaban J connectivity index is 0.00000200. The molecule has 0 radical (unpaired) electrons. The number of thioether (sulfide) groups is 1. The SMILES string of the molecule is C=CCn1c(CN)nnc1SCc1nc(CC)n[nH]1.Cl. The summed E-state index contributed by atoms with van der Waals surface area (Å²) in [4.78, 5) is 4.36. The van der Waals surface area contributed by atoms with E-state index in [1.165, 1.54) is 0 Å². The van der Waals surface area contributed by atoms with Crippen LogP contribution in [0, 0.1) is 0 Å². The molecule has 2 aromatic rings. The summed E-state index contributed by atoms with van der Waals surface area (Å²) >= 11 is 1.55. The van der Waals surface area contributed by atoms with Crippen molar-refractivity contribution in [2.24, 2.45) is 5.73 Å². The molecule has 0 aliphatic heterocycles. The highest BCUT2D eigenvalue weighted by molar-refractivity contribution is 7.98. The smallest absolute Gasteiger partial charge is 0.191 e. The van der Waals surface area contributed by atoms with E-state index >= 15 is 0 Å². The van der Waals surface area contributed by atoms with Crippen LogP contribution in [0.1, 0.15) is 24.4 Å². The van der Waals surface area contributed by atoms with E-state index in [4.69, 9.17) is 5.73 Å². The number of nitrogens with two attached hydrogens (primary N) is 1. The lowest BCUT2D eigenvalue weighted by atomic mass is 10.5. The molecule has 0 bridgehead atoms. The molecule has 20 heavy (non-hydrogen) atoms. The number of hydrogen-bond donors (Lipinski definition) is 2. The molecular formula is C11H18ClN7S. The van der Waals surface area contributed by atoms with E-state index in [0.717, 1.165) is 29.1 Å². The monoisotopic (exact) mass is 315 g/mol. The van der Waals surface area contributed by atoms with Gasteiger partial charge < -0.3 is 10.3 Å². The van der Waals surface area contributed by atoms with Crippen molar-refractivity contribution in [1.29, 1.82) is 0 Å². The van der Waals surface area contributed by atoms with Gasteiger partial charge >= 0.3 is 0 Å². The van der Waals surface area contributed by atoms with Crippen molar-refractivity contribution in [3.63, 3.8) is 0 Å². The van der Waals surface area contributed by atoms with Crippen LogP contribution in [0.2, 0.25) is 0 Å². The number of nitrogens with zero attached hydrogens (tertiary/aromatic N) is 5. The van der Waals surface area contributed by atoms with Gasteiger partial charge in [-0.15, -0.1) is 29.2 Å². The van der Waals surface area contributed by atoms with Crippen LogP contribution in [0.5, 0.6) is 0 Å². The molecular weight excluding hydrogens is 298 g/mol. The molecule has 7 nitrogen and oxygen atoms in total. The quantitative estimate of drug-likeness (QED) is 0.590. The minimum atomic E-state index is 0. The second-order valence-corrected chi connectivity index (χ2v) is 4.79. The maximum absolute atomic E-state index is 5.63. The number of hydrogen-bond acceptors (Lipinski definition) is 6. The fourth-order valence-corrected chi connectivity index (χ4v) is 2.41. The van der Waals surface area contributed by atoms with Gasteiger partial charge in [-0.05, 0) is 0 Å². The number of rotatable bonds is 7. The van der Waals surface area contributed by atoms with E-state index in [-0.39, 0.29) is 12.4 Å². The highest BCUT2D eigenvalue weighted by Gasteiger charge is 2.11. The lowest BCUT2D eigenvalue weighted by Crippen LogP contribution is -2.08. The summed E-state index contributed by atoms with van der Waals surface area (Å²) < 4.78 is 1.95. The number of aryl methyl sites for hydroxylation is 1. The van der Waals surface area contributed by atoms with Gasteiger partial charge in [-0.25, -0.2) is 4.98 Å². The Labute approximate surface area is 127 Å². The number of nitrogens with one attached hydrogen (secondary N) is 1. The Morgan fingerprint density at radius 3 is 2.85 bits per heavy atom. The Hall–Kier alpha value is -1.38. The van der Waals surface area contributed by atoms with Crippen molar-refractivity contribution in [3.8, 4) is 0 Å². The summed E-state index contributed by atoms with van der Waals surface area (Å²) in [5.74, 6) is 3.09. The molecule has 2 heterocycles. The van der Waals surface area contributed by atoms with Crippen LogP contribution in [0.4, 0.5) is 0 Å². The van der Waals surface area contributed by atoms with Crippen LogP contribution in [0.15, 0.2) is 17.8 Å². The molecule has 3 N–H and O–H groups in total. The number of aromatic nitrogens is 6. The van der Waals surface area contributed by atoms with Crippen LogP contribution in [0.3, 0.4) is 0 Å². The van der Waals surface area contributed by atoms with E-state index in [1.54, 1.807) is 17.8 Å². The molecule has 0 saturated carbocycles. The lowest BCUT2D eigenvalue weighted by molar-refractivity contribution is 0.680. The molecule has 9 heteroatoms. The zero-order valence-corrected chi connectivity index (χ0v) is 12.9. The van der Waals surface area contributed by atoms with Crippen molar-refractivity contribution in [3.05, 3.63) is 30.1 Å². The fraction of sp³-hybridized carbons (Fsp3) is 0.455. The van der Waals surface area contributed by atoms with Crippen LogP contribution >= 0.6 is 24.2 Å². The second-order valence-electron chi connectivity index (χ2n) is 3.84. The van der Waals surface area contributed by atoms with Gasteiger partial charge in [0.1, 0.15) is 17.5 Å². The molecule has 0 saturated heterocycles. The zero-order chi connectivity index (χ0) is 13.7. The standard InChI is InChI=1S/C11H17N7S.ClH/c1-3-5-18-10(6-12)16-17-11(18)19-7-9-13-8(4-2)14-15-9;/h3H,1,4-7,12H2,2H3,(H,13,14,15);1H. The molecule has 0 aliphatic carbocycles. The predicted molar refractivity (Wildman–Crippen MR) is 80.7 cm³/mol. The summed E-state index contributed by atoms with van der Waals surface area (Å²) in [6.07, 6.45) is 2.63. The Morgan fingerprint density at radius 1 is 1.45 bits per heavy atom. The van der Waals surface area contributed by atoms with Crippen LogP contribution in [-0.2, 0) is 25.3 Å². The summed E-state index contributed by atoms with van der Waals surface area (Å²) in [5, 5.41) is 16.0. The van der Waals surface area contributed by atoms with E-state index in [2.05, 4.69) is 32.0 Å². The summed E-state index contributed by atoms with van der Waals surface area (Å²) in [5.41, 5.74) is 5.63. The van der Waals surface area contributed by atoms with Gasteiger partial charge in [0.15, 0.2) is 5.16 Å². The average Bonchev–Trinajstić information content (AvgIpc) is 3.03. The predicted octanol–water partition coefficient (Wildman–Crippen LogP) is 1.32. The minimum Gasteiger partial charge on any atom is -0.324 e. The fourth-order valence-electron chi connectivity index (χ4n) is 1.58. The Morgan fingerprint density at radius 2 is 2.25 bits per heavy atom. The highest BCUT2D eigenvalue weighted by atomic mass is 35.5. The van der Waals surface area contributed by atoms with Crippen LogP contribution < -0.4 is 5.73 Å². The van der Waals surface area contributed by atoms with Gasteiger partial charge in [0.2, 0.25) is 0 Å². The van der Waals surface area contributed by atoms with Crippen molar-refractivity contribution in [1.82, 2.24) is 29.9 Å². The number of allylic oxidation sites excluding steroid dienone is 1. The molecule has 0 unspecified atom stereocenters. The minimum absolute atomic E-state index is 0. The third-order valence-corrected chi connectivity index (χ3v) is 3.50. The van der Waals surface area contributed by atoms with Gasteiger partial charge in [-0.3, -0.25) is 5.10 Å².